The Bertz CT molecular complexity index is 1650. The monoisotopic (exact) mass is 470 g/mol. The molecule has 0 amide bonds. The second kappa shape index (κ2) is 8.94. The highest BCUT2D eigenvalue weighted by Gasteiger charge is 2.15. The van der Waals surface area contributed by atoms with Gasteiger partial charge in [-0.05, 0) is 48.9 Å². The third kappa shape index (κ3) is 4.19. The lowest BCUT2D eigenvalue weighted by Crippen LogP contribution is -2.35. The highest BCUT2D eigenvalue weighted by Crippen LogP contribution is 2.32. The number of hydrogen-bond acceptors (Lipinski definition) is 7. The van der Waals surface area contributed by atoms with Gasteiger partial charge < -0.3 is 19.0 Å². The normalized spacial score (nSPS) is 11.1. The number of aromatic nitrogens is 4. The van der Waals surface area contributed by atoms with Crippen molar-refractivity contribution < 1.29 is 14.0 Å². The molecule has 0 saturated heterocycles. The van der Waals surface area contributed by atoms with Gasteiger partial charge >= 0.3 is 5.69 Å². The zero-order valence-corrected chi connectivity index (χ0v) is 19.4. The molecule has 176 valence electrons. The number of nitrogens with one attached hydrogen (secondary N) is 1. The fourth-order valence-corrected chi connectivity index (χ4v) is 3.84. The molecule has 1 N–H and O–H groups in total. The number of hydrogen-bond donors (Lipinski definition) is 1. The fourth-order valence-electron chi connectivity index (χ4n) is 3.84. The molecular formula is C26H22N4O5. The summed E-state index contributed by atoms with van der Waals surface area (Å²) in [6.07, 6.45) is 0. The summed E-state index contributed by atoms with van der Waals surface area (Å²) in [7, 11) is 3.11. The highest BCUT2D eigenvalue weighted by molar-refractivity contribution is 5.82. The molecule has 0 radical (unpaired) electrons. The van der Waals surface area contributed by atoms with E-state index in [-0.39, 0.29) is 18.0 Å². The van der Waals surface area contributed by atoms with Crippen LogP contribution in [0.1, 0.15) is 11.1 Å². The zero-order chi connectivity index (χ0) is 24.5. The number of fused-ring (bicyclic) bond motifs is 1. The van der Waals surface area contributed by atoms with Crippen molar-refractivity contribution in [1.82, 2.24) is 19.7 Å². The van der Waals surface area contributed by atoms with Crippen molar-refractivity contribution >= 4 is 10.9 Å². The van der Waals surface area contributed by atoms with Gasteiger partial charge in [0.15, 0.2) is 11.5 Å². The van der Waals surface area contributed by atoms with Crippen LogP contribution < -0.4 is 20.7 Å². The molecule has 2 aromatic heterocycles. The Balaban J connectivity index is 1.49. The van der Waals surface area contributed by atoms with Gasteiger partial charge in [0.2, 0.25) is 5.82 Å². The summed E-state index contributed by atoms with van der Waals surface area (Å²) in [5.41, 5.74) is 2.77. The topological polar surface area (TPSA) is 112 Å². The molecule has 0 saturated carbocycles. The van der Waals surface area contributed by atoms with Crippen LogP contribution in [0.15, 0.2) is 74.8 Å². The lowest BCUT2D eigenvalue weighted by molar-refractivity contribution is 0.355. The molecule has 3 aromatic carbocycles. The van der Waals surface area contributed by atoms with Crippen LogP contribution in [0.5, 0.6) is 11.5 Å². The van der Waals surface area contributed by atoms with E-state index in [4.69, 9.17) is 14.0 Å². The second-order valence-corrected chi connectivity index (χ2v) is 8.06. The van der Waals surface area contributed by atoms with E-state index in [1.54, 1.807) is 50.6 Å². The van der Waals surface area contributed by atoms with E-state index in [0.29, 0.717) is 39.4 Å². The molecule has 9 nitrogen and oxygen atoms in total. The predicted molar refractivity (Wildman–Crippen MR) is 131 cm³/mol. The maximum atomic E-state index is 13.0. The van der Waals surface area contributed by atoms with Crippen LogP contribution in [0.4, 0.5) is 0 Å². The van der Waals surface area contributed by atoms with Gasteiger partial charge in [-0.25, -0.2) is 4.79 Å². The first-order valence-electron chi connectivity index (χ1n) is 10.9. The summed E-state index contributed by atoms with van der Waals surface area (Å²) < 4.78 is 17.2. The molecule has 5 rings (SSSR count). The van der Waals surface area contributed by atoms with Gasteiger partial charge in [0, 0.05) is 11.1 Å². The van der Waals surface area contributed by atoms with Gasteiger partial charge in [-0.3, -0.25) is 9.36 Å². The maximum absolute atomic E-state index is 13.0. The Kier molecular flexibility index (Phi) is 5.66. The number of ether oxygens (including phenoxy) is 2. The molecule has 0 aliphatic heterocycles. The molecule has 9 heteroatoms. The van der Waals surface area contributed by atoms with Crippen LogP contribution >= 0.6 is 0 Å². The van der Waals surface area contributed by atoms with Crippen LogP contribution in [0, 0.1) is 6.92 Å². The number of rotatable bonds is 6. The van der Waals surface area contributed by atoms with Crippen LogP contribution in [0.3, 0.4) is 0 Å². The molecule has 35 heavy (non-hydrogen) atoms. The van der Waals surface area contributed by atoms with Crippen molar-refractivity contribution in [2.24, 2.45) is 0 Å². The van der Waals surface area contributed by atoms with Crippen molar-refractivity contribution in [3.8, 4) is 34.3 Å². The first-order chi connectivity index (χ1) is 17.0. The molecule has 0 atom stereocenters. The summed E-state index contributed by atoms with van der Waals surface area (Å²) >= 11 is 0. The Labute approximate surface area is 199 Å². The minimum absolute atomic E-state index is 0.185. The van der Waals surface area contributed by atoms with Crippen molar-refractivity contribution in [3.63, 3.8) is 0 Å². The largest absolute Gasteiger partial charge is 0.493 e. The minimum Gasteiger partial charge on any atom is -0.493 e. The van der Waals surface area contributed by atoms with Crippen LogP contribution in [0.25, 0.3) is 33.7 Å². The minimum atomic E-state index is -0.489. The lowest BCUT2D eigenvalue weighted by Gasteiger charge is -2.08. The first-order valence-corrected chi connectivity index (χ1v) is 10.9. The van der Waals surface area contributed by atoms with Crippen molar-refractivity contribution in [2.75, 3.05) is 14.2 Å². The molecular weight excluding hydrogens is 448 g/mol. The molecule has 5 aromatic rings. The SMILES string of the molecule is COc1ccc(-c2noc(-c3ccc4c(=O)n(Cc5ccc(C)cc5)c(=O)[nH]c4c3)n2)cc1OC. The van der Waals surface area contributed by atoms with E-state index in [0.717, 1.165) is 11.1 Å². The van der Waals surface area contributed by atoms with Gasteiger partial charge in [-0.1, -0.05) is 35.0 Å². The number of methoxy groups -OCH3 is 2. The highest BCUT2D eigenvalue weighted by atomic mass is 16.5. The summed E-state index contributed by atoms with van der Waals surface area (Å²) in [5.74, 6) is 1.75. The van der Waals surface area contributed by atoms with E-state index in [1.807, 2.05) is 31.2 Å². The van der Waals surface area contributed by atoms with Gasteiger partial charge in [-0.2, -0.15) is 4.98 Å². The number of nitrogens with zero attached hydrogens (tertiary/aromatic N) is 3. The van der Waals surface area contributed by atoms with Gasteiger partial charge in [-0.15, -0.1) is 0 Å². The third-order valence-corrected chi connectivity index (χ3v) is 5.76. The van der Waals surface area contributed by atoms with Crippen LogP contribution in [-0.2, 0) is 6.54 Å². The Morgan fingerprint density at radius 2 is 1.66 bits per heavy atom. The third-order valence-electron chi connectivity index (χ3n) is 5.76. The molecule has 0 unspecified atom stereocenters. The molecule has 2 heterocycles. The molecule has 0 bridgehead atoms. The van der Waals surface area contributed by atoms with Crippen molar-refractivity contribution in [1.29, 1.82) is 0 Å². The zero-order valence-electron chi connectivity index (χ0n) is 19.4. The fraction of sp³-hybridized carbons (Fsp3) is 0.154. The Morgan fingerprint density at radius 1 is 0.914 bits per heavy atom. The van der Waals surface area contributed by atoms with E-state index in [2.05, 4.69) is 15.1 Å². The number of aromatic amines is 1. The molecule has 0 aliphatic carbocycles. The van der Waals surface area contributed by atoms with E-state index < -0.39 is 5.69 Å². The first kappa shape index (κ1) is 22.1. The summed E-state index contributed by atoms with van der Waals surface area (Å²) in [6, 6.07) is 18.0. The quantitative estimate of drug-likeness (QED) is 0.402. The summed E-state index contributed by atoms with van der Waals surface area (Å²) in [4.78, 5) is 33.0. The standard InChI is InChI=1S/C26H22N4O5/c1-15-4-6-16(7-5-15)14-30-25(31)19-10-8-18(12-20(19)27-26(30)32)24-28-23(29-35-24)17-9-11-21(33-2)22(13-17)34-3/h4-13H,14H2,1-3H3,(H,27,32). The van der Waals surface area contributed by atoms with Gasteiger partial charge in [0.25, 0.3) is 11.4 Å². The van der Waals surface area contributed by atoms with Gasteiger partial charge in [0.1, 0.15) is 0 Å². The second-order valence-electron chi connectivity index (χ2n) is 8.06. The number of benzene rings is 3. The van der Waals surface area contributed by atoms with E-state index >= 15 is 0 Å². The number of aryl methyl sites for hydroxylation is 1. The summed E-state index contributed by atoms with van der Waals surface area (Å²) in [5, 5.41) is 4.44. The lowest BCUT2D eigenvalue weighted by atomic mass is 10.1. The van der Waals surface area contributed by atoms with E-state index in [1.165, 1.54) is 4.57 Å². The van der Waals surface area contributed by atoms with Gasteiger partial charge in [0.05, 0.1) is 31.7 Å². The number of H-pyrrole nitrogens is 1. The maximum Gasteiger partial charge on any atom is 0.329 e. The molecule has 0 aliphatic rings. The Hall–Kier alpha value is -4.66. The average Bonchev–Trinajstić information content (AvgIpc) is 3.37. The smallest absolute Gasteiger partial charge is 0.329 e. The van der Waals surface area contributed by atoms with Crippen LogP contribution in [-0.4, -0.2) is 33.9 Å². The van der Waals surface area contributed by atoms with E-state index in [9.17, 15) is 9.59 Å². The summed E-state index contributed by atoms with van der Waals surface area (Å²) in [6.45, 7) is 2.17. The average molecular weight is 470 g/mol. The predicted octanol–water partition coefficient (Wildman–Crippen LogP) is 3.78. The van der Waals surface area contributed by atoms with Crippen molar-refractivity contribution in [3.05, 3.63) is 92.6 Å². The molecule has 0 spiro atoms. The van der Waals surface area contributed by atoms with Crippen molar-refractivity contribution in [2.45, 2.75) is 13.5 Å². The Morgan fingerprint density at radius 3 is 2.40 bits per heavy atom. The van der Waals surface area contributed by atoms with Crippen LogP contribution in [0.2, 0.25) is 0 Å². The molecule has 0 fully saturated rings.